The number of para-hydroxylation sites is 1. The highest BCUT2D eigenvalue weighted by Crippen LogP contribution is 2.16. The van der Waals surface area contributed by atoms with Gasteiger partial charge in [-0.15, -0.1) is 0 Å². The molecule has 0 aliphatic rings. The van der Waals surface area contributed by atoms with Crippen LogP contribution >= 0.6 is 0 Å². The van der Waals surface area contributed by atoms with E-state index in [-0.39, 0.29) is 5.54 Å². The minimum Gasteiger partial charge on any atom is -0.467 e. The molecule has 0 saturated heterocycles. The van der Waals surface area contributed by atoms with E-state index in [2.05, 4.69) is 49.4 Å². The molecule has 0 bridgehead atoms. The number of nitrogens with one attached hydrogen (secondary N) is 1. The smallest absolute Gasteiger partial charge is 0.125 e. The summed E-state index contributed by atoms with van der Waals surface area (Å²) < 4.78 is 7.62. The molecule has 4 heteroatoms. The minimum atomic E-state index is 0.107. The van der Waals surface area contributed by atoms with Crippen molar-refractivity contribution in [2.24, 2.45) is 0 Å². The van der Waals surface area contributed by atoms with Crippen LogP contribution in [-0.2, 0) is 13.1 Å². The number of furan rings is 1. The normalized spacial score (nSPS) is 12.1. The first-order valence-corrected chi connectivity index (χ1v) is 7.23. The van der Waals surface area contributed by atoms with Crippen molar-refractivity contribution in [3.05, 3.63) is 54.1 Å². The molecule has 0 spiro atoms. The van der Waals surface area contributed by atoms with Crippen LogP contribution in [0.3, 0.4) is 0 Å². The lowest BCUT2D eigenvalue weighted by Crippen LogP contribution is -2.34. The van der Waals surface area contributed by atoms with E-state index in [1.165, 1.54) is 0 Å². The predicted octanol–water partition coefficient (Wildman–Crippen LogP) is 3.57. The molecule has 2 heterocycles. The van der Waals surface area contributed by atoms with Gasteiger partial charge in [0.25, 0.3) is 0 Å². The van der Waals surface area contributed by atoms with E-state index >= 15 is 0 Å². The number of nitrogens with zero attached hydrogens (tertiary/aromatic N) is 2. The summed E-state index contributed by atoms with van der Waals surface area (Å²) in [6.07, 6.45) is 3.71. The van der Waals surface area contributed by atoms with E-state index in [1.54, 1.807) is 0 Å². The average Bonchev–Trinajstić information content (AvgIpc) is 3.04. The maximum absolute atomic E-state index is 5.65. The fourth-order valence-electron chi connectivity index (χ4n) is 2.27. The highest BCUT2D eigenvalue weighted by molar-refractivity contribution is 5.78. The number of hydrogen-bond donors (Lipinski definition) is 1. The lowest BCUT2D eigenvalue weighted by atomic mass is 10.1. The maximum atomic E-state index is 5.65. The van der Waals surface area contributed by atoms with Gasteiger partial charge >= 0.3 is 0 Å². The quantitative estimate of drug-likeness (QED) is 0.796. The molecule has 2 aromatic heterocycles. The van der Waals surface area contributed by atoms with Crippen LogP contribution in [0, 0.1) is 0 Å². The highest BCUT2D eigenvalue weighted by atomic mass is 16.3. The van der Waals surface area contributed by atoms with Gasteiger partial charge < -0.3 is 9.73 Å². The standard InChI is InChI=1S/C17H21N3O/c1-17(2,3)18-9-13-8-15(21-12-13)11-20-16-7-5-4-6-14(16)10-19-20/h4-8,10,12,18H,9,11H2,1-3H3. The Morgan fingerprint density at radius 2 is 2.05 bits per heavy atom. The number of rotatable bonds is 4. The summed E-state index contributed by atoms with van der Waals surface area (Å²) in [7, 11) is 0. The van der Waals surface area contributed by atoms with Gasteiger partial charge in [-0.3, -0.25) is 4.68 Å². The van der Waals surface area contributed by atoms with Crippen molar-refractivity contribution in [2.75, 3.05) is 0 Å². The van der Waals surface area contributed by atoms with E-state index in [4.69, 9.17) is 4.42 Å². The zero-order chi connectivity index (χ0) is 14.9. The number of aromatic nitrogens is 2. The van der Waals surface area contributed by atoms with Crippen LogP contribution in [-0.4, -0.2) is 15.3 Å². The van der Waals surface area contributed by atoms with Crippen molar-refractivity contribution < 1.29 is 4.42 Å². The van der Waals surface area contributed by atoms with Gasteiger partial charge in [0.2, 0.25) is 0 Å². The molecule has 1 N–H and O–H groups in total. The fraction of sp³-hybridized carbons (Fsp3) is 0.353. The average molecular weight is 283 g/mol. The summed E-state index contributed by atoms with van der Waals surface area (Å²) in [5, 5.41) is 9.04. The van der Waals surface area contributed by atoms with Gasteiger partial charge in [0.1, 0.15) is 5.76 Å². The molecule has 110 valence electrons. The molecule has 0 radical (unpaired) electrons. The minimum absolute atomic E-state index is 0.107. The van der Waals surface area contributed by atoms with Crippen LogP contribution < -0.4 is 5.32 Å². The Labute approximate surface area is 124 Å². The molecule has 0 unspecified atom stereocenters. The maximum Gasteiger partial charge on any atom is 0.125 e. The topological polar surface area (TPSA) is 43.0 Å². The molecule has 3 aromatic rings. The second kappa shape index (κ2) is 5.37. The lowest BCUT2D eigenvalue weighted by Gasteiger charge is -2.19. The van der Waals surface area contributed by atoms with Gasteiger partial charge in [0.05, 0.1) is 24.5 Å². The van der Waals surface area contributed by atoms with Crippen molar-refractivity contribution in [1.82, 2.24) is 15.1 Å². The molecule has 21 heavy (non-hydrogen) atoms. The Hall–Kier alpha value is -2.07. The lowest BCUT2D eigenvalue weighted by molar-refractivity contribution is 0.422. The molecule has 0 aliphatic heterocycles. The number of fused-ring (bicyclic) bond motifs is 1. The summed E-state index contributed by atoms with van der Waals surface area (Å²) in [6.45, 7) is 7.94. The van der Waals surface area contributed by atoms with E-state index in [1.807, 2.05) is 29.3 Å². The molecule has 0 fully saturated rings. The Morgan fingerprint density at radius 3 is 2.86 bits per heavy atom. The van der Waals surface area contributed by atoms with Crippen LogP contribution in [0.1, 0.15) is 32.1 Å². The van der Waals surface area contributed by atoms with Gasteiger partial charge in [-0.05, 0) is 32.9 Å². The molecule has 3 rings (SSSR count). The summed E-state index contributed by atoms with van der Waals surface area (Å²) in [5.41, 5.74) is 2.40. The van der Waals surface area contributed by atoms with Gasteiger partial charge in [0.15, 0.2) is 0 Å². The Kier molecular flexibility index (Phi) is 3.55. The number of hydrogen-bond acceptors (Lipinski definition) is 3. The second-order valence-electron chi connectivity index (χ2n) is 6.39. The molecule has 0 aliphatic carbocycles. The molecule has 4 nitrogen and oxygen atoms in total. The van der Waals surface area contributed by atoms with E-state index in [0.717, 1.165) is 28.8 Å². The van der Waals surface area contributed by atoms with E-state index < -0.39 is 0 Å². The Balaban J connectivity index is 1.72. The summed E-state index contributed by atoms with van der Waals surface area (Å²) in [4.78, 5) is 0. The van der Waals surface area contributed by atoms with Crippen molar-refractivity contribution >= 4 is 10.9 Å². The monoisotopic (exact) mass is 283 g/mol. The molecule has 0 saturated carbocycles. The zero-order valence-corrected chi connectivity index (χ0v) is 12.8. The number of benzene rings is 1. The third kappa shape index (κ3) is 3.34. The van der Waals surface area contributed by atoms with Gasteiger partial charge in [-0.25, -0.2) is 0 Å². The first-order chi connectivity index (χ1) is 10.0. The van der Waals surface area contributed by atoms with E-state index in [9.17, 15) is 0 Å². The first kappa shape index (κ1) is 13.9. The molecular formula is C17H21N3O. The summed E-state index contributed by atoms with van der Waals surface area (Å²) >= 11 is 0. The van der Waals surface area contributed by atoms with Crippen molar-refractivity contribution in [2.45, 2.75) is 39.4 Å². The Morgan fingerprint density at radius 1 is 1.24 bits per heavy atom. The van der Waals surface area contributed by atoms with Crippen LogP contribution in [0.25, 0.3) is 10.9 Å². The largest absolute Gasteiger partial charge is 0.467 e. The van der Waals surface area contributed by atoms with Crippen molar-refractivity contribution in [1.29, 1.82) is 0 Å². The highest BCUT2D eigenvalue weighted by Gasteiger charge is 2.10. The molecule has 1 aromatic carbocycles. The van der Waals surface area contributed by atoms with Crippen LogP contribution in [0.4, 0.5) is 0 Å². The predicted molar refractivity (Wildman–Crippen MR) is 84.1 cm³/mol. The Bertz CT molecular complexity index is 734. The van der Waals surface area contributed by atoms with Crippen molar-refractivity contribution in [3.8, 4) is 0 Å². The zero-order valence-electron chi connectivity index (χ0n) is 12.8. The molecule has 0 atom stereocenters. The van der Waals surface area contributed by atoms with Gasteiger partial charge in [0, 0.05) is 23.0 Å². The summed E-state index contributed by atoms with van der Waals surface area (Å²) in [5.74, 6) is 0.926. The van der Waals surface area contributed by atoms with Gasteiger partial charge in [-0.2, -0.15) is 5.10 Å². The van der Waals surface area contributed by atoms with Gasteiger partial charge in [-0.1, -0.05) is 18.2 Å². The SMILES string of the molecule is CC(C)(C)NCc1coc(Cn2ncc3ccccc32)c1. The van der Waals surface area contributed by atoms with Crippen LogP contribution in [0.5, 0.6) is 0 Å². The van der Waals surface area contributed by atoms with Crippen molar-refractivity contribution in [3.63, 3.8) is 0 Å². The molecular weight excluding hydrogens is 262 g/mol. The fourth-order valence-corrected chi connectivity index (χ4v) is 2.27. The second-order valence-corrected chi connectivity index (χ2v) is 6.39. The molecule has 0 amide bonds. The first-order valence-electron chi connectivity index (χ1n) is 7.23. The van der Waals surface area contributed by atoms with E-state index in [0.29, 0.717) is 6.54 Å². The third-order valence-corrected chi connectivity index (χ3v) is 3.39. The van der Waals surface area contributed by atoms with Crippen LogP contribution in [0.2, 0.25) is 0 Å². The third-order valence-electron chi connectivity index (χ3n) is 3.39. The van der Waals surface area contributed by atoms with Crippen LogP contribution in [0.15, 0.2) is 47.2 Å². The summed E-state index contributed by atoms with van der Waals surface area (Å²) in [6, 6.07) is 10.3.